The van der Waals surface area contributed by atoms with Crippen LogP contribution in [-0.4, -0.2) is 39.8 Å². The molecule has 17 heavy (non-hydrogen) atoms. The Kier molecular flexibility index (Phi) is 2.24. The number of hydrogen-bond donors (Lipinski definition) is 3. The van der Waals surface area contributed by atoms with Crippen LogP contribution in [0.15, 0.2) is 6.33 Å². The van der Waals surface area contributed by atoms with E-state index in [1.165, 1.54) is 0 Å². The van der Waals surface area contributed by atoms with Crippen LogP contribution in [0.4, 0.5) is 0 Å². The van der Waals surface area contributed by atoms with Crippen LogP contribution in [0.1, 0.15) is 17.8 Å². The zero-order chi connectivity index (χ0) is 12.0. The third kappa shape index (κ3) is 1.48. The number of aliphatic carboxylic acids is 1. The summed E-state index contributed by atoms with van der Waals surface area (Å²) in [6, 6.07) is -0.530. The molecule has 1 aromatic heterocycles. The topological polar surface area (TPSA) is 79.2 Å². The van der Waals surface area contributed by atoms with Gasteiger partial charge in [-0.2, -0.15) is 0 Å². The van der Waals surface area contributed by atoms with Crippen LogP contribution in [-0.2, 0) is 23.8 Å². The number of rotatable bonds is 1. The van der Waals surface area contributed by atoms with E-state index in [0.717, 1.165) is 30.9 Å². The highest BCUT2D eigenvalue weighted by Crippen LogP contribution is 2.34. The second-order valence-corrected chi connectivity index (χ2v) is 4.90. The molecule has 6 heteroatoms. The third-order valence-electron chi connectivity index (χ3n) is 3.77. The van der Waals surface area contributed by atoms with Crippen LogP contribution in [0.2, 0.25) is 0 Å². The first-order valence-electron chi connectivity index (χ1n) is 5.84. The van der Waals surface area contributed by atoms with Gasteiger partial charge >= 0.3 is 5.97 Å². The number of fused-ring (bicyclic) bond motifs is 2. The maximum atomic E-state index is 11.2. The fraction of sp³-hybridized carbons (Fsp3) is 0.636. The van der Waals surface area contributed by atoms with E-state index in [0.29, 0.717) is 6.42 Å². The molecule has 0 aromatic carbocycles. The Morgan fingerprint density at radius 2 is 2.53 bits per heavy atom. The number of carboxylic acid groups (broad SMARTS) is 1. The van der Waals surface area contributed by atoms with Gasteiger partial charge in [-0.25, -0.2) is 4.98 Å². The summed E-state index contributed by atoms with van der Waals surface area (Å²) in [5.74, 6) is -0.799. The normalized spacial score (nSPS) is 31.7. The number of aromatic nitrogens is 2. The lowest BCUT2D eigenvalue weighted by Crippen LogP contribution is -2.57. The lowest BCUT2D eigenvalue weighted by Gasteiger charge is -2.37. The first-order chi connectivity index (χ1) is 8.12. The van der Waals surface area contributed by atoms with Crippen LogP contribution in [0.3, 0.4) is 0 Å². The summed E-state index contributed by atoms with van der Waals surface area (Å²) in [7, 11) is 1.97. The largest absolute Gasteiger partial charge is 0.480 e. The van der Waals surface area contributed by atoms with Crippen LogP contribution in [0.5, 0.6) is 0 Å². The van der Waals surface area contributed by atoms with Crippen molar-refractivity contribution in [2.45, 2.75) is 24.4 Å². The Morgan fingerprint density at radius 3 is 3.18 bits per heavy atom. The monoisotopic (exact) mass is 236 g/mol. The second-order valence-electron chi connectivity index (χ2n) is 4.90. The number of aryl methyl sites for hydroxylation is 1. The van der Waals surface area contributed by atoms with Gasteiger partial charge in [-0.05, 0) is 13.0 Å². The Hall–Kier alpha value is -1.40. The molecule has 2 atom stereocenters. The Labute approximate surface area is 99.0 Å². The van der Waals surface area contributed by atoms with Crippen molar-refractivity contribution in [3.63, 3.8) is 0 Å². The maximum absolute atomic E-state index is 11.2. The molecule has 0 amide bonds. The fourth-order valence-corrected chi connectivity index (χ4v) is 3.05. The molecule has 2 unspecified atom stereocenters. The van der Waals surface area contributed by atoms with Crippen molar-refractivity contribution in [3.05, 3.63) is 17.7 Å². The first kappa shape index (κ1) is 10.7. The third-order valence-corrected chi connectivity index (χ3v) is 3.77. The molecule has 1 spiro atoms. The van der Waals surface area contributed by atoms with Gasteiger partial charge in [0.2, 0.25) is 0 Å². The van der Waals surface area contributed by atoms with Crippen LogP contribution in [0.25, 0.3) is 0 Å². The molecule has 3 N–H and O–H groups in total. The summed E-state index contributed by atoms with van der Waals surface area (Å²) >= 11 is 0. The van der Waals surface area contributed by atoms with Crippen molar-refractivity contribution < 1.29 is 9.90 Å². The number of carbonyl (C=O) groups is 1. The quantitative estimate of drug-likeness (QED) is 0.595. The Balaban J connectivity index is 2.08. The SMILES string of the molecule is Cn1cnc2c1C1(CCNC1)NC(C(=O)O)C2. The minimum atomic E-state index is -0.799. The average Bonchev–Trinajstić information content (AvgIpc) is 2.87. The van der Waals surface area contributed by atoms with Gasteiger partial charge in [-0.3, -0.25) is 10.1 Å². The molecule has 0 radical (unpaired) electrons. The summed E-state index contributed by atoms with van der Waals surface area (Å²) in [5.41, 5.74) is 1.80. The lowest BCUT2D eigenvalue weighted by atomic mass is 9.85. The summed E-state index contributed by atoms with van der Waals surface area (Å²) in [6.07, 6.45) is 3.15. The molecule has 3 rings (SSSR count). The minimum absolute atomic E-state index is 0.262. The molecule has 3 heterocycles. The number of nitrogens with zero attached hydrogens (tertiary/aromatic N) is 2. The van der Waals surface area contributed by atoms with Crippen LogP contribution >= 0.6 is 0 Å². The van der Waals surface area contributed by atoms with Crippen molar-refractivity contribution >= 4 is 5.97 Å². The predicted molar refractivity (Wildman–Crippen MR) is 60.6 cm³/mol. The van der Waals surface area contributed by atoms with Crippen molar-refractivity contribution in [2.75, 3.05) is 13.1 Å². The molecule has 1 saturated heterocycles. The molecule has 1 aromatic rings. The Morgan fingerprint density at radius 1 is 1.71 bits per heavy atom. The molecule has 2 aliphatic rings. The standard InChI is InChI=1S/C11H16N4O2/c1-15-6-13-7-4-8(10(16)17)14-11(9(7)15)2-3-12-5-11/h6,8,12,14H,2-5H2,1H3,(H,16,17). The van der Waals surface area contributed by atoms with Crippen molar-refractivity contribution in [1.29, 1.82) is 0 Å². The summed E-state index contributed by atoms with van der Waals surface area (Å²) in [4.78, 5) is 15.5. The molecule has 2 aliphatic heterocycles. The van der Waals surface area contributed by atoms with E-state index in [-0.39, 0.29) is 5.54 Å². The van der Waals surface area contributed by atoms with Gasteiger partial charge in [0.05, 0.1) is 23.3 Å². The zero-order valence-electron chi connectivity index (χ0n) is 9.73. The van der Waals surface area contributed by atoms with Crippen LogP contribution in [0, 0.1) is 0 Å². The van der Waals surface area contributed by atoms with Gasteiger partial charge in [0.1, 0.15) is 6.04 Å². The van der Waals surface area contributed by atoms with Crippen LogP contribution < -0.4 is 10.6 Å². The number of hydrogen-bond acceptors (Lipinski definition) is 4. The molecular formula is C11H16N4O2. The van der Waals surface area contributed by atoms with E-state index in [2.05, 4.69) is 15.6 Å². The van der Waals surface area contributed by atoms with E-state index >= 15 is 0 Å². The lowest BCUT2D eigenvalue weighted by molar-refractivity contribution is -0.140. The second kappa shape index (κ2) is 3.54. The first-order valence-corrected chi connectivity index (χ1v) is 5.84. The highest BCUT2D eigenvalue weighted by Gasteiger charge is 2.46. The van der Waals surface area contributed by atoms with E-state index in [1.807, 2.05) is 11.6 Å². The van der Waals surface area contributed by atoms with Gasteiger partial charge < -0.3 is 15.0 Å². The summed E-state index contributed by atoms with van der Waals surface area (Å²) in [6.45, 7) is 1.67. The van der Waals surface area contributed by atoms with E-state index in [4.69, 9.17) is 0 Å². The molecule has 0 aliphatic carbocycles. The molecule has 0 saturated carbocycles. The van der Waals surface area contributed by atoms with Gasteiger partial charge in [0.15, 0.2) is 0 Å². The molecular weight excluding hydrogens is 220 g/mol. The molecule has 0 bridgehead atoms. The predicted octanol–water partition coefficient (Wildman–Crippen LogP) is -0.792. The minimum Gasteiger partial charge on any atom is -0.480 e. The van der Waals surface area contributed by atoms with Crippen molar-refractivity contribution in [3.8, 4) is 0 Å². The van der Waals surface area contributed by atoms with E-state index in [1.54, 1.807) is 6.33 Å². The number of carboxylic acids is 1. The molecule has 92 valence electrons. The van der Waals surface area contributed by atoms with Gasteiger partial charge in [0, 0.05) is 20.0 Å². The average molecular weight is 236 g/mol. The highest BCUT2D eigenvalue weighted by molar-refractivity contribution is 5.74. The van der Waals surface area contributed by atoms with Gasteiger partial charge in [-0.15, -0.1) is 0 Å². The summed E-state index contributed by atoms with van der Waals surface area (Å²) < 4.78 is 2.01. The molecule has 6 nitrogen and oxygen atoms in total. The van der Waals surface area contributed by atoms with Crippen molar-refractivity contribution in [2.24, 2.45) is 7.05 Å². The summed E-state index contributed by atoms with van der Waals surface area (Å²) in [5, 5.41) is 15.8. The van der Waals surface area contributed by atoms with Gasteiger partial charge in [0.25, 0.3) is 0 Å². The van der Waals surface area contributed by atoms with Gasteiger partial charge in [-0.1, -0.05) is 0 Å². The van der Waals surface area contributed by atoms with E-state index in [9.17, 15) is 9.90 Å². The van der Waals surface area contributed by atoms with E-state index < -0.39 is 12.0 Å². The zero-order valence-corrected chi connectivity index (χ0v) is 9.73. The maximum Gasteiger partial charge on any atom is 0.321 e. The fourth-order valence-electron chi connectivity index (χ4n) is 3.05. The smallest absolute Gasteiger partial charge is 0.321 e. The van der Waals surface area contributed by atoms with Crippen molar-refractivity contribution in [1.82, 2.24) is 20.2 Å². The number of nitrogens with one attached hydrogen (secondary N) is 2. The molecule has 1 fully saturated rings. The highest BCUT2D eigenvalue weighted by atomic mass is 16.4. The Bertz CT molecular complexity index is 462. The number of imidazole rings is 1.